The average molecular weight is 332 g/mol. The van der Waals surface area contributed by atoms with Gasteiger partial charge in [0.1, 0.15) is 0 Å². The summed E-state index contributed by atoms with van der Waals surface area (Å²) in [5.74, 6) is 0.0366. The number of allylic oxidation sites excluding steroid dienone is 4. The molecule has 134 valence electrons. The molecule has 3 nitrogen and oxygen atoms in total. The Balaban J connectivity index is 2.62. The summed E-state index contributed by atoms with van der Waals surface area (Å²) in [5.41, 5.74) is 1.34. The third-order valence-corrected chi connectivity index (χ3v) is 4.42. The smallest absolute Gasteiger partial charge is 0.337 e. The largest absolute Gasteiger partial charge is 0.462 e. The highest BCUT2D eigenvalue weighted by Gasteiger charge is 2.20. The van der Waals surface area contributed by atoms with Crippen LogP contribution in [0.4, 0.5) is 0 Å². The van der Waals surface area contributed by atoms with Gasteiger partial charge in [0.15, 0.2) is 5.78 Å². The standard InChI is InChI=1S/C21H32O3/c1-4-7-9-11-17(6-3)20(22)18-12-10-13-19(15-14-18)21(23)24-16-8-5-2/h10,12-13,15,17H,4-9,11,14,16H2,1-3H3. The molecule has 0 saturated heterocycles. The van der Waals surface area contributed by atoms with Crippen LogP contribution < -0.4 is 0 Å². The van der Waals surface area contributed by atoms with Crippen molar-refractivity contribution in [2.75, 3.05) is 6.61 Å². The second-order valence-corrected chi connectivity index (χ2v) is 6.37. The first-order valence-corrected chi connectivity index (χ1v) is 9.42. The summed E-state index contributed by atoms with van der Waals surface area (Å²) in [5, 5.41) is 0. The van der Waals surface area contributed by atoms with Crippen molar-refractivity contribution in [3.63, 3.8) is 0 Å². The molecule has 0 bridgehead atoms. The van der Waals surface area contributed by atoms with Gasteiger partial charge in [0, 0.05) is 5.92 Å². The fourth-order valence-electron chi connectivity index (χ4n) is 2.77. The Bertz CT molecular complexity index is 497. The Hall–Kier alpha value is -1.64. The van der Waals surface area contributed by atoms with Gasteiger partial charge < -0.3 is 4.74 Å². The van der Waals surface area contributed by atoms with Crippen molar-refractivity contribution >= 4 is 11.8 Å². The van der Waals surface area contributed by atoms with Crippen molar-refractivity contribution < 1.29 is 14.3 Å². The predicted octanol–water partition coefficient (Wildman–Crippen LogP) is 5.32. The summed E-state index contributed by atoms with van der Waals surface area (Å²) in [6, 6.07) is 0. The number of rotatable bonds is 11. The van der Waals surface area contributed by atoms with Crippen LogP contribution in [0.25, 0.3) is 0 Å². The number of hydrogen-bond donors (Lipinski definition) is 0. The molecule has 1 rings (SSSR count). The van der Waals surface area contributed by atoms with Gasteiger partial charge in [0.05, 0.1) is 12.2 Å². The van der Waals surface area contributed by atoms with E-state index >= 15 is 0 Å². The zero-order valence-corrected chi connectivity index (χ0v) is 15.5. The molecule has 1 unspecified atom stereocenters. The van der Waals surface area contributed by atoms with Crippen molar-refractivity contribution in [3.8, 4) is 0 Å². The molecule has 0 heterocycles. The molecule has 0 aliphatic heterocycles. The van der Waals surface area contributed by atoms with Crippen molar-refractivity contribution in [2.45, 2.75) is 72.1 Å². The number of Topliss-reactive ketones (excluding diaryl/α,β-unsaturated/α-hetero) is 1. The van der Waals surface area contributed by atoms with Crippen molar-refractivity contribution in [1.82, 2.24) is 0 Å². The SMILES string of the molecule is CCCCCC(CC)C(=O)C1=CC=CC(C(=O)OCCCC)=CC1. The first-order chi connectivity index (χ1) is 11.6. The molecule has 0 fully saturated rings. The summed E-state index contributed by atoms with van der Waals surface area (Å²) in [4.78, 5) is 24.7. The van der Waals surface area contributed by atoms with Crippen LogP contribution in [-0.4, -0.2) is 18.4 Å². The number of unbranched alkanes of at least 4 members (excludes halogenated alkanes) is 3. The number of carbonyl (C=O) groups is 2. The highest BCUT2D eigenvalue weighted by Crippen LogP contribution is 2.22. The number of ketones is 1. The first-order valence-electron chi connectivity index (χ1n) is 9.42. The zero-order valence-electron chi connectivity index (χ0n) is 15.5. The van der Waals surface area contributed by atoms with Crippen LogP contribution in [0.2, 0.25) is 0 Å². The zero-order chi connectivity index (χ0) is 17.8. The molecular weight excluding hydrogens is 300 g/mol. The maximum Gasteiger partial charge on any atom is 0.337 e. The molecule has 3 heteroatoms. The van der Waals surface area contributed by atoms with E-state index in [1.54, 1.807) is 12.2 Å². The Morgan fingerprint density at radius 2 is 1.88 bits per heavy atom. The number of carbonyl (C=O) groups excluding carboxylic acids is 2. The minimum atomic E-state index is -0.295. The van der Waals surface area contributed by atoms with E-state index in [0.717, 1.165) is 37.7 Å². The molecule has 1 atom stereocenters. The summed E-state index contributed by atoms with van der Waals surface area (Å²) in [6.45, 7) is 6.77. The van der Waals surface area contributed by atoms with Gasteiger partial charge in [-0.3, -0.25) is 4.79 Å². The van der Waals surface area contributed by atoms with Gasteiger partial charge >= 0.3 is 5.97 Å². The van der Waals surface area contributed by atoms with Gasteiger partial charge in [-0.05, 0) is 37.3 Å². The molecule has 1 aliphatic carbocycles. The molecule has 0 radical (unpaired) electrons. The van der Waals surface area contributed by atoms with Gasteiger partial charge in [-0.25, -0.2) is 4.79 Å². The maximum atomic E-state index is 12.7. The van der Waals surface area contributed by atoms with Gasteiger partial charge in [0.25, 0.3) is 0 Å². The lowest BCUT2D eigenvalue weighted by molar-refractivity contribution is -0.138. The van der Waals surface area contributed by atoms with Crippen molar-refractivity contribution in [3.05, 3.63) is 35.5 Å². The highest BCUT2D eigenvalue weighted by molar-refractivity contribution is 5.99. The molecule has 0 aromatic carbocycles. The minimum absolute atomic E-state index is 0.0997. The molecule has 24 heavy (non-hydrogen) atoms. The predicted molar refractivity (Wildman–Crippen MR) is 98.7 cm³/mol. The third kappa shape index (κ3) is 6.86. The van der Waals surface area contributed by atoms with Crippen molar-refractivity contribution in [2.24, 2.45) is 5.92 Å². The molecule has 0 saturated carbocycles. The lowest BCUT2D eigenvalue weighted by Gasteiger charge is -2.14. The normalized spacial score (nSPS) is 15.3. The van der Waals surface area contributed by atoms with Crippen LogP contribution >= 0.6 is 0 Å². The van der Waals surface area contributed by atoms with E-state index in [4.69, 9.17) is 4.74 Å². The van der Waals surface area contributed by atoms with E-state index in [1.807, 2.05) is 12.2 Å². The Morgan fingerprint density at radius 1 is 1.12 bits per heavy atom. The Labute approximate surface area is 146 Å². The fraction of sp³-hybridized carbons (Fsp3) is 0.619. The molecule has 0 spiro atoms. The van der Waals surface area contributed by atoms with E-state index in [1.165, 1.54) is 12.8 Å². The van der Waals surface area contributed by atoms with Crippen molar-refractivity contribution in [1.29, 1.82) is 0 Å². The van der Waals surface area contributed by atoms with E-state index in [-0.39, 0.29) is 17.7 Å². The number of ether oxygens (including phenoxy) is 1. The molecule has 1 aliphatic rings. The van der Waals surface area contributed by atoms with Crippen LogP contribution in [-0.2, 0) is 14.3 Å². The monoisotopic (exact) mass is 332 g/mol. The summed E-state index contributed by atoms with van der Waals surface area (Å²) in [6.07, 6.45) is 14.9. The van der Waals surface area contributed by atoms with E-state index in [0.29, 0.717) is 18.6 Å². The Morgan fingerprint density at radius 3 is 2.54 bits per heavy atom. The minimum Gasteiger partial charge on any atom is -0.462 e. The summed E-state index contributed by atoms with van der Waals surface area (Å²) < 4.78 is 5.24. The van der Waals surface area contributed by atoms with Crippen LogP contribution in [0.5, 0.6) is 0 Å². The average Bonchev–Trinajstić information content (AvgIpc) is 2.84. The quantitative estimate of drug-likeness (QED) is 0.380. The highest BCUT2D eigenvalue weighted by atomic mass is 16.5. The second-order valence-electron chi connectivity index (χ2n) is 6.37. The summed E-state index contributed by atoms with van der Waals surface area (Å²) >= 11 is 0. The topological polar surface area (TPSA) is 43.4 Å². The van der Waals surface area contributed by atoms with Crippen LogP contribution in [0.1, 0.15) is 72.1 Å². The second kappa shape index (κ2) is 11.8. The summed E-state index contributed by atoms with van der Waals surface area (Å²) in [7, 11) is 0. The number of esters is 1. The Kier molecular flexibility index (Phi) is 10.1. The lowest BCUT2D eigenvalue weighted by atomic mass is 9.89. The molecule has 0 aromatic heterocycles. The first kappa shape index (κ1) is 20.4. The van der Waals surface area contributed by atoms with Gasteiger partial charge in [0.2, 0.25) is 0 Å². The number of hydrogen-bond acceptors (Lipinski definition) is 3. The van der Waals surface area contributed by atoms with E-state index in [2.05, 4.69) is 20.8 Å². The van der Waals surface area contributed by atoms with Crippen LogP contribution in [0.15, 0.2) is 35.5 Å². The van der Waals surface area contributed by atoms with Crippen LogP contribution in [0, 0.1) is 5.92 Å². The van der Waals surface area contributed by atoms with Gasteiger partial charge in [-0.2, -0.15) is 0 Å². The molecule has 0 aromatic rings. The van der Waals surface area contributed by atoms with Gasteiger partial charge in [-0.1, -0.05) is 64.7 Å². The van der Waals surface area contributed by atoms with E-state index < -0.39 is 0 Å². The van der Waals surface area contributed by atoms with E-state index in [9.17, 15) is 9.59 Å². The fourth-order valence-corrected chi connectivity index (χ4v) is 2.77. The van der Waals surface area contributed by atoms with Gasteiger partial charge in [-0.15, -0.1) is 0 Å². The lowest BCUT2D eigenvalue weighted by Crippen LogP contribution is -2.16. The molecule has 0 amide bonds. The molecular formula is C21H32O3. The maximum absolute atomic E-state index is 12.7. The third-order valence-electron chi connectivity index (χ3n) is 4.42. The van der Waals surface area contributed by atoms with Crippen LogP contribution in [0.3, 0.4) is 0 Å². The molecule has 0 N–H and O–H groups in total.